The predicted molar refractivity (Wildman–Crippen MR) is 72.7 cm³/mol. The van der Waals surface area contributed by atoms with E-state index in [-0.39, 0.29) is 5.54 Å². The summed E-state index contributed by atoms with van der Waals surface area (Å²) in [7, 11) is 8.33. The Balaban J connectivity index is 0.000000673. The van der Waals surface area contributed by atoms with Gasteiger partial charge in [0.1, 0.15) is 0 Å². The van der Waals surface area contributed by atoms with Crippen molar-refractivity contribution in [2.75, 3.05) is 0 Å². The summed E-state index contributed by atoms with van der Waals surface area (Å²) in [6, 6.07) is 0. The SMILES string of the molecule is CC(C)(C)[N-][Si](C)(C)[C]1[CH][CH][CH][CH]1.[Cl][Zr][Cl]. The van der Waals surface area contributed by atoms with Crippen molar-refractivity contribution in [1.82, 2.24) is 0 Å². The van der Waals surface area contributed by atoms with Crippen molar-refractivity contribution < 1.29 is 20.8 Å². The molecule has 1 rings (SSSR count). The molecule has 0 amide bonds. The first-order valence-corrected chi connectivity index (χ1v) is 14.4. The van der Waals surface area contributed by atoms with Gasteiger partial charge in [-0.05, 0) is 31.2 Å². The van der Waals surface area contributed by atoms with E-state index in [9.17, 15) is 0 Å². The van der Waals surface area contributed by atoms with Gasteiger partial charge in [-0.3, -0.25) is 0 Å². The molecule has 0 aliphatic heterocycles. The van der Waals surface area contributed by atoms with Crippen LogP contribution in [-0.4, -0.2) is 13.8 Å². The molecule has 16 heavy (non-hydrogen) atoms. The van der Waals surface area contributed by atoms with Crippen LogP contribution in [0.3, 0.4) is 0 Å². The van der Waals surface area contributed by atoms with Crippen molar-refractivity contribution in [3.05, 3.63) is 36.2 Å². The summed E-state index contributed by atoms with van der Waals surface area (Å²) in [5.41, 5.74) is 1.52. The summed E-state index contributed by atoms with van der Waals surface area (Å²) >= 11 is -0.826. The molecule has 5 radical (unpaired) electrons. The van der Waals surface area contributed by atoms with E-state index in [4.69, 9.17) is 22.0 Å². The number of hydrogen-bond acceptors (Lipinski definition) is 0. The van der Waals surface area contributed by atoms with E-state index < -0.39 is 29.1 Å². The van der Waals surface area contributed by atoms with Crippen LogP contribution in [0.2, 0.25) is 13.1 Å². The molecule has 1 aliphatic rings. The Bertz CT molecular complexity index is 189. The van der Waals surface area contributed by atoms with Crippen LogP contribution in [0.15, 0.2) is 0 Å². The molecule has 91 valence electrons. The summed E-state index contributed by atoms with van der Waals surface area (Å²) < 4.78 is 0. The van der Waals surface area contributed by atoms with Gasteiger partial charge in [-0.25, -0.2) is 0 Å². The second kappa shape index (κ2) is 7.94. The fraction of sp³-hybridized carbons (Fsp3) is 0.545. The zero-order valence-electron chi connectivity index (χ0n) is 10.5. The molecule has 1 saturated carbocycles. The molecule has 1 aliphatic carbocycles. The van der Waals surface area contributed by atoms with E-state index in [0.29, 0.717) is 0 Å². The molecule has 0 bridgehead atoms. The third kappa shape index (κ3) is 7.87. The fourth-order valence-electron chi connectivity index (χ4n) is 1.68. The molecular formula is C11H19Cl2NSiZr-. The molecule has 0 unspecified atom stereocenters. The third-order valence-electron chi connectivity index (χ3n) is 1.98. The van der Waals surface area contributed by atoms with E-state index in [1.165, 1.54) is 5.54 Å². The maximum absolute atomic E-state index is 4.93. The van der Waals surface area contributed by atoms with Crippen molar-refractivity contribution in [2.24, 2.45) is 0 Å². The molecule has 0 heterocycles. The van der Waals surface area contributed by atoms with Gasteiger partial charge in [-0.15, -0.1) is 5.54 Å². The van der Waals surface area contributed by atoms with Crippen molar-refractivity contribution in [2.45, 2.75) is 39.4 Å². The Morgan fingerprint density at radius 3 is 1.81 bits per heavy atom. The van der Waals surface area contributed by atoms with E-state index >= 15 is 0 Å². The fourth-order valence-corrected chi connectivity index (χ4v) is 4.50. The van der Waals surface area contributed by atoms with Crippen LogP contribution < -0.4 is 0 Å². The van der Waals surface area contributed by atoms with E-state index in [2.05, 4.69) is 59.5 Å². The van der Waals surface area contributed by atoms with Crippen molar-refractivity contribution in [1.29, 1.82) is 0 Å². The first-order valence-electron chi connectivity index (χ1n) is 5.15. The summed E-state index contributed by atoms with van der Waals surface area (Å²) in [4.78, 5) is 4.92. The van der Waals surface area contributed by atoms with Crippen molar-refractivity contribution in [3.63, 3.8) is 0 Å². The minimum absolute atomic E-state index is 0.0903. The van der Waals surface area contributed by atoms with Crippen LogP contribution in [0.25, 0.3) is 4.98 Å². The minimum atomic E-state index is -1.54. The monoisotopic (exact) mass is 353 g/mol. The van der Waals surface area contributed by atoms with E-state index in [1.54, 1.807) is 0 Å². The number of halogens is 2. The molecule has 1 fully saturated rings. The topological polar surface area (TPSA) is 14.1 Å². The molecule has 0 spiro atoms. The second-order valence-electron chi connectivity index (χ2n) is 5.09. The Labute approximate surface area is 121 Å². The molecule has 0 aromatic rings. The van der Waals surface area contributed by atoms with Crippen LogP contribution in [0.5, 0.6) is 0 Å². The van der Waals surface area contributed by atoms with Gasteiger partial charge in [0.15, 0.2) is 0 Å². The Hall–Kier alpha value is 1.64. The molecule has 0 saturated heterocycles. The molecule has 0 aromatic heterocycles. The Morgan fingerprint density at radius 2 is 1.50 bits per heavy atom. The van der Waals surface area contributed by atoms with Crippen LogP contribution in [0.4, 0.5) is 0 Å². The molecule has 5 heteroatoms. The first-order chi connectivity index (χ1) is 7.23. The average Bonchev–Trinajstić information content (AvgIpc) is 2.51. The Kier molecular flexibility index (Phi) is 8.75. The van der Waals surface area contributed by atoms with Gasteiger partial charge >= 0.3 is 37.9 Å². The summed E-state index contributed by atoms with van der Waals surface area (Å²) in [5.74, 6) is 0. The molecular weight excluding hydrogens is 336 g/mol. The molecule has 0 aromatic carbocycles. The quantitative estimate of drug-likeness (QED) is 0.638. The van der Waals surface area contributed by atoms with Gasteiger partial charge in [-0.1, -0.05) is 42.1 Å². The summed E-state index contributed by atoms with van der Waals surface area (Å²) in [5, 5.41) is 0. The van der Waals surface area contributed by atoms with Crippen molar-refractivity contribution in [3.8, 4) is 0 Å². The molecule has 0 atom stereocenters. The van der Waals surface area contributed by atoms with Gasteiger partial charge in [0.05, 0.1) is 0 Å². The third-order valence-corrected chi connectivity index (χ3v) is 4.96. The molecule has 1 nitrogen and oxygen atoms in total. The Morgan fingerprint density at radius 1 is 1.12 bits per heavy atom. The van der Waals surface area contributed by atoms with E-state index in [1.807, 2.05) is 0 Å². The predicted octanol–water partition coefficient (Wildman–Crippen LogP) is 4.68. The van der Waals surface area contributed by atoms with Crippen LogP contribution in [0, 0.1) is 31.2 Å². The van der Waals surface area contributed by atoms with Gasteiger partial charge in [0, 0.05) is 0 Å². The van der Waals surface area contributed by atoms with Gasteiger partial charge in [0.25, 0.3) is 0 Å². The normalized spacial score (nSPS) is 17.9. The van der Waals surface area contributed by atoms with Crippen LogP contribution >= 0.6 is 17.0 Å². The van der Waals surface area contributed by atoms with Gasteiger partial charge in [-0.2, -0.15) is 0 Å². The van der Waals surface area contributed by atoms with Crippen molar-refractivity contribution >= 4 is 25.3 Å². The number of hydrogen-bond donors (Lipinski definition) is 0. The first kappa shape index (κ1) is 17.6. The summed E-state index contributed by atoms with van der Waals surface area (Å²) in [6.07, 6.45) is 8.59. The average molecular weight is 355 g/mol. The molecule has 0 N–H and O–H groups in total. The van der Waals surface area contributed by atoms with E-state index in [0.717, 1.165) is 0 Å². The summed E-state index contributed by atoms with van der Waals surface area (Å²) in [6.45, 7) is 11.1. The number of nitrogens with zero attached hydrogens (tertiary/aromatic N) is 1. The van der Waals surface area contributed by atoms with Crippen LogP contribution in [0.1, 0.15) is 20.8 Å². The maximum atomic E-state index is 4.93. The zero-order chi connectivity index (χ0) is 12.8. The van der Waals surface area contributed by atoms with Crippen LogP contribution in [-0.2, 0) is 20.8 Å². The number of rotatable bonds is 2. The van der Waals surface area contributed by atoms with Gasteiger partial charge in [0.2, 0.25) is 0 Å². The standard InChI is InChI=1S/C11H19NSi.2ClH.Zr/c1-11(2,3)12-13(4,5)10-8-6-7-9-10;;;/h6-9H,1-5H3;2*1H;/q-1;;;+2/p-2. The second-order valence-corrected chi connectivity index (χ2v) is 12.7. The van der Waals surface area contributed by atoms with Gasteiger partial charge < -0.3 is 4.98 Å². The zero-order valence-corrected chi connectivity index (χ0v) is 15.5.